The van der Waals surface area contributed by atoms with Gasteiger partial charge in [0.05, 0.1) is 4.90 Å². The molecular weight excluding hydrogens is 348 g/mol. The maximum absolute atomic E-state index is 12.1. The fourth-order valence-electron chi connectivity index (χ4n) is 2.54. The maximum atomic E-state index is 12.1. The topological polar surface area (TPSA) is 49.9 Å². The molecule has 0 aliphatic heterocycles. The lowest BCUT2D eigenvalue weighted by atomic mass is 10.2. The Balaban J connectivity index is 1.91. The van der Waals surface area contributed by atoms with Crippen LogP contribution < -0.4 is 4.74 Å². The molecule has 142 valence electrons. The Hall–Kier alpha value is -1.89. The summed E-state index contributed by atoms with van der Waals surface area (Å²) in [6.45, 7) is 6.56. The third-order valence-electron chi connectivity index (χ3n) is 4.21. The molecule has 5 nitrogen and oxygen atoms in total. The minimum atomic E-state index is -3.40. The molecule has 0 unspecified atom stereocenters. The van der Waals surface area contributed by atoms with Gasteiger partial charge in [0.25, 0.3) is 0 Å². The van der Waals surface area contributed by atoms with Gasteiger partial charge in [-0.05, 0) is 43.7 Å². The molecule has 2 aromatic rings. The number of rotatable bonds is 9. The van der Waals surface area contributed by atoms with Gasteiger partial charge in [-0.25, -0.2) is 12.7 Å². The highest BCUT2D eigenvalue weighted by Gasteiger charge is 2.16. The second-order valence-electron chi connectivity index (χ2n) is 6.66. The van der Waals surface area contributed by atoms with Gasteiger partial charge in [0.2, 0.25) is 10.0 Å². The smallest absolute Gasteiger partial charge is 0.242 e. The van der Waals surface area contributed by atoms with E-state index in [1.54, 1.807) is 24.3 Å². The lowest BCUT2D eigenvalue weighted by Crippen LogP contribution is -2.34. The highest BCUT2D eigenvalue weighted by atomic mass is 32.2. The van der Waals surface area contributed by atoms with Crippen LogP contribution in [-0.4, -0.2) is 50.9 Å². The Morgan fingerprint density at radius 2 is 1.58 bits per heavy atom. The summed E-state index contributed by atoms with van der Waals surface area (Å²) in [5.41, 5.74) is 1.28. The molecule has 0 saturated carbocycles. The van der Waals surface area contributed by atoms with Crippen molar-refractivity contribution in [3.8, 4) is 5.75 Å². The normalized spacial score (nSPS) is 12.1. The molecule has 26 heavy (non-hydrogen) atoms. The summed E-state index contributed by atoms with van der Waals surface area (Å²) in [6, 6.07) is 17.3. The van der Waals surface area contributed by atoms with Crippen LogP contribution >= 0.6 is 0 Å². The standard InChI is InChI=1S/C20H28N2O3S/c1-17(2)22(16-18-8-6-5-7-9-18)14-15-25-19-10-12-20(13-11-19)26(23,24)21(3)4/h5-13,17H,14-16H2,1-4H3. The first-order chi connectivity index (χ1) is 12.3. The van der Waals surface area contributed by atoms with E-state index in [4.69, 9.17) is 4.74 Å². The molecule has 0 atom stereocenters. The lowest BCUT2D eigenvalue weighted by Gasteiger charge is -2.26. The minimum Gasteiger partial charge on any atom is -0.492 e. The quantitative estimate of drug-likeness (QED) is 0.674. The molecule has 0 spiro atoms. The summed E-state index contributed by atoms with van der Waals surface area (Å²) in [4.78, 5) is 2.61. The van der Waals surface area contributed by atoms with Gasteiger partial charge in [0.1, 0.15) is 12.4 Å². The predicted molar refractivity (Wildman–Crippen MR) is 105 cm³/mol. The fourth-order valence-corrected chi connectivity index (χ4v) is 3.44. The van der Waals surface area contributed by atoms with E-state index in [9.17, 15) is 8.42 Å². The van der Waals surface area contributed by atoms with Crippen molar-refractivity contribution in [2.24, 2.45) is 0 Å². The van der Waals surface area contributed by atoms with E-state index < -0.39 is 10.0 Å². The Morgan fingerprint density at radius 3 is 2.12 bits per heavy atom. The van der Waals surface area contributed by atoms with Crippen LogP contribution in [0.1, 0.15) is 19.4 Å². The monoisotopic (exact) mass is 376 g/mol. The van der Waals surface area contributed by atoms with E-state index in [0.717, 1.165) is 13.1 Å². The van der Waals surface area contributed by atoms with E-state index >= 15 is 0 Å². The number of hydrogen-bond donors (Lipinski definition) is 0. The van der Waals surface area contributed by atoms with Crippen molar-refractivity contribution in [1.82, 2.24) is 9.21 Å². The van der Waals surface area contributed by atoms with Crippen molar-refractivity contribution >= 4 is 10.0 Å². The maximum Gasteiger partial charge on any atom is 0.242 e. The summed E-state index contributed by atoms with van der Waals surface area (Å²) in [6.07, 6.45) is 0. The Kier molecular flexibility index (Phi) is 7.20. The first-order valence-electron chi connectivity index (χ1n) is 8.74. The summed E-state index contributed by atoms with van der Waals surface area (Å²) < 4.78 is 31.2. The first kappa shape index (κ1) is 20.4. The number of sulfonamides is 1. The molecule has 0 radical (unpaired) electrons. The first-order valence-corrected chi connectivity index (χ1v) is 10.2. The second-order valence-corrected chi connectivity index (χ2v) is 8.81. The Labute approximate surface area is 157 Å². The number of nitrogens with zero attached hydrogens (tertiary/aromatic N) is 2. The molecule has 0 aliphatic carbocycles. The van der Waals surface area contributed by atoms with Crippen molar-refractivity contribution < 1.29 is 13.2 Å². The van der Waals surface area contributed by atoms with Crippen molar-refractivity contribution in [3.63, 3.8) is 0 Å². The highest BCUT2D eigenvalue weighted by molar-refractivity contribution is 7.89. The Bertz CT molecular complexity index is 772. The van der Waals surface area contributed by atoms with Crippen LogP contribution in [0, 0.1) is 0 Å². The lowest BCUT2D eigenvalue weighted by molar-refractivity contribution is 0.169. The second kappa shape index (κ2) is 9.16. The zero-order valence-corrected chi connectivity index (χ0v) is 16.7. The zero-order valence-electron chi connectivity index (χ0n) is 15.9. The molecule has 0 fully saturated rings. The number of hydrogen-bond acceptors (Lipinski definition) is 4. The van der Waals surface area contributed by atoms with E-state index in [1.807, 2.05) is 18.2 Å². The van der Waals surface area contributed by atoms with Gasteiger partial charge >= 0.3 is 0 Å². The third kappa shape index (κ3) is 5.56. The molecule has 0 amide bonds. The van der Waals surface area contributed by atoms with Crippen LogP contribution in [0.3, 0.4) is 0 Å². The third-order valence-corrected chi connectivity index (χ3v) is 6.04. The molecule has 2 aromatic carbocycles. The van der Waals surface area contributed by atoms with Crippen LogP contribution in [0.5, 0.6) is 5.75 Å². The van der Waals surface area contributed by atoms with E-state index in [-0.39, 0.29) is 4.90 Å². The molecule has 0 aromatic heterocycles. The summed E-state index contributed by atoms with van der Waals surface area (Å²) in [5, 5.41) is 0. The highest BCUT2D eigenvalue weighted by Crippen LogP contribution is 2.18. The average molecular weight is 377 g/mol. The van der Waals surface area contributed by atoms with Crippen LogP contribution in [0.25, 0.3) is 0 Å². The molecule has 0 bridgehead atoms. The molecule has 0 heterocycles. The molecule has 6 heteroatoms. The number of ether oxygens (including phenoxy) is 1. The summed E-state index contributed by atoms with van der Waals surface area (Å²) in [7, 11) is -0.362. The predicted octanol–water partition coefficient (Wildman–Crippen LogP) is 3.23. The summed E-state index contributed by atoms with van der Waals surface area (Å²) >= 11 is 0. The molecule has 0 aliphatic rings. The molecule has 2 rings (SSSR count). The van der Waals surface area contributed by atoms with E-state index in [2.05, 4.69) is 30.9 Å². The average Bonchev–Trinajstić information content (AvgIpc) is 2.62. The van der Waals surface area contributed by atoms with Gasteiger partial charge < -0.3 is 4.74 Å². The molecular formula is C20H28N2O3S. The van der Waals surface area contributed by atoms with Crippen molar-refractivity contribution in [3.05, 3.63) is 60.2 Å². The van der Waals surface area contributed by atoms with Gasteiger partial charge in [-0.1, -0.05) is 30.3 Å². The molecule has 0 N–H and O–H groups in total. The summed E-state index contributed by atoms with van der Waals surface area (Å²) in [5.74, 6) is 0.672. The van der Waals surface area contributed by atoms with Gasteiger partial charge in [-0.2, -0.15) is 0 Å². The van der Waals surface area contributed by atoms with E-state index in [0.29, 0.717) is 18.4 Å². The zero-order chi connectivity index (χ0) is 19.2. The Morgan fingerprint density at radius 1 is 0.962 bits per heavy atom. The van der Waals surface area contributed by atoms with Gasteiger partial charge in [-0.15, -0.1) is 0 Å². The van der Waals surface area contributed by atoms with Crippen molar-refractivity contribution in [1.29, 1.82) is 0 Å². The van der Waals surface area contributed by atoms with Crippen LogP contribution in [0.2, 0.25) is 0 Å². The van der Waals surface area contributed by atoms with Crippen LogP contribution in [0.4, 0.5) is 0 Å². The SMILES string of the molecule is CC(C)N(CCOc1ccc(S(=O)(=O)N(C)C)cc1)Cc1ccccc1. The van der Waals surface area contributed by atoms with E-state index in [1.165, 1.54) is 24.0 Å². The van der Waals surface area contributed by atoms with Gasteiger partial charge in [0, 0.05) is 33.2 Å². The van der Waals surface area contributed by atoms with Crippen molar-refractivity contribution in [2.75, 3.05) is 27.2 Å². The van der Waals surface area contributed by atoms with Crippen molar-refractivity contribution in [2.45, 2.75) is 31.3 Å². The minimum absolute atomic E-state index is 0.266. The number of benzene rings is 2. The van der Waals surface area contributed by atoms with Crippen LogP contribution in [-0.2, 0) is 16.6 Å². The molecule has 0 saturated heterocycles. The fraction of sp³-hybridized carbons (Fsp3) is 0.400. The van der Waals surface area contributed by atoms with Gasteiger partial charge in [-0.3, -0.25) is 4.90 Å². The van der Waals surface area contributed by atoms with Gasteiger partial charge in [0.15, 0.2) is 0 Å². The largest absolute Gasteiger partial charge is 0.492 e. The van der Waals surface area contributed by atoms with Crippen LogP contribution in [0.15, 0.2) is 59.5 Å².